The molecular weight excluding hydrogens is 267 g/mol. The van der Waals surface area contributed by atoms with Crippen molar-refractivity contribution in [2.45, 2.75) is 6.42 Å². The van der Waals surface area contributed by atoms with E-state index in [0.29, 0.717) is 5.39 Å². The molecule has 80 valence electrons. The standard InChI is InChI=1S/C14H10BrF/c15-10-4-3-5-11-8-9-14(16)13-7-2-1-6-12(11)13/h1-2,6-9H,4,10H2. The maximum atomic E-state index is 13.5. The third-order valence-electron chi connectivity index (χ3n) is 2.31. The smallest absolute Gasteiger partial charge is 0.131 e. The topological polar surface area (TPSA) is 0 Å². The second-order valence-electron chi connectivity index (χ2n) is 3.38. The van der Waals surface area contributed by atoms with Gasteiger partial charge in [-0.05, 0) is 12.1 Å². The van der Waals surface area contributed by atoms with Gasteiger partial charge < -0.3 is 0 Å². The van der Waals surface area contributed by atoms with Crippen molar-refractivity contribution in [1.29, 1.82) is 0 Å². The van der Waals surface area contributed by atoms with Gasteiger partial charge in [0.15, 0.2) is 0 Å². The molecule has 0 aromatic heterocycles. The summed E-state index contributed by atoms with van der Waals surface area (Å²) in [6.07, 6.45) is 0.797. The number of halogens is 2. The molecule has 2 heteroatoms. The van der Waals surface area contributed by atoms with E-state index in [0.717, 1.165) is 22.7 Å². The van der Waals surface area contributed by atoms with Crippen LogP contribution in [-0.4, -0.2) is 5.33 Å². The van der Waals surface area contributed by atoms with Crippen LogP contribution in [0.5, 0.6) is 0 Å². The van der Waals surface area contributed by atoms with E-state index in [1.165, 1.54) is 6.07 Å². The normalized spacial score (nSPS) is 9.88. The lowest BCUT2D eigenvalue weighted by Gasteiger charge is -2.01. The second-order valence-corrected chi connectivity index (χ2v) is 4.17. The molecule has 0 aliphatic heterocycles. The Bertz CT molecular complexity index is 564. The molecule has 0 fully saturated rings. The van der Waals surface area contributed by atoms with Crippen molar-refractivity contribution >= 4 is 26.7 Å². The Morgan fingerprint density at radius 2 is 1.81 bits per heavy atom. The Morgan fingerprint density at radius 3 is 2.56 bits per heavy atom. The van der Waals surface area contributed by atoms with E-state index in [2.05, 4.69) is 27.8 Å². The van der Waals surface area contributed by atoms with E-state index in [4.69, 9.17) is 0 Å². The van der Waals surface area contributed by atoms with E-state index in [1.807, 2.05) is 18.2 Å². The second kappa shape index (κ2) is 5.14. The molecule has 0 N–H and O–H groups in total. The van der Waals surface area contributed by atoms with Crippen LogP contribution >= 0.6 is 15.9 Å². The summed E-state index contributed by atoms with van der Waals surface area (Å²) in [6, 6.07) is 10.6. The molecule has 0 aliphatic rings. The number of benzene rings is 2. The average molecular weight is 277 g/mol. The van der Waals surface area contributed by atoms with Gasteiger partial charge in [-0.15, -0.1) is 0 Å². The Morgan fingerprint density at radius 1 is 1.06 bits per heavy atom. The quantitative estimate of drug-likeness (QED) is 0.543. The molecule has 0 saturated heterocycles. The predicted octanol–water partition coefficient (Wildman–Crippen LogP) is 4.12. The summed E-state index contributed by atoms with van der Waals surface area (Å²) in [7, 11) is 0. The zero-order chi connectivity index (χ0) is 11.4. The average Bonchev–Trinajstić information content (AvgIpc) is 2.33. The van der Waals surface area contributed by atoms with Crippen molar-refractivity contribution in [3.05, 3.63) is 47.8 Å². The van der Waals surface area contributed by atoms with Crippen LogP contribution in [0.4, 0.5) is 4.39 Å². The van der Waals surface area contributed by atoms with Gasteiger partial charge in [0.1, 0.15) is 5.82 Å². The highest BCUT2D eigenvalue weighted by atomic mass is 79.9. The molecule has 0 saturated carbocycles. The summed E-state index contributed by atoms with van der Waals surface area (Å²) < 4.78 is 13.5. The van der Waals surface area contributed by atoms with Gasteiger partial charge >= 0.3 is 0 Å². The first-order chi connectivity index (χ1) is 7.83. The zero-order valence-electron chi connectivity index (χ0n) is 8.63. The SMILES string of the molecule is Fc1ccc(C#CCCBr)c2ccccc12. The highest BCUT2D eigenvalue weighted by Gasteiger charge is 2.02. The minimum Gasteiger partial charge on any atom is -0.206 e. The van der Waals surface area contributed by atoms with Crippen LogP contribution in [0.1, 0.15) is 12.0 Å². The number of fused-ring (bicyclic) bond motifs is 1. The molecule has 16 heavy (non-hydrogen) atoms. The summed E-state index contributed by atoms with van der Waals surface area (Å²) in [6.45, 7) is 0. The van der Waals surface area contributed by atoms with Gasteiger partial charge in [-0.2, -0.15) is 0 Å². The molecule has 2 aromatic rings. The molecule has 2 aromatic carbocycles. The van der Waals surface area contributed by atoms with Gasteiger partial charge in [-0.25, -0.2) is 4.39 Å². The number of alkyl halides is 1. The van der Waals surface area contributed by atoms with Crippen LogP contribution in [0, 0.1) is 17.7 Å². The minimum absolute atomic E-state index is 0.193. The van der Waals surface area contributed by atoms with Crippen LogP contribution in [-0.2, 0) is 0 Å². The van der Waals surface area contributed by atoms with Crippen molar-refractivity contribution in [2.24, 2.45) is 0 Å². The van der Waals surface area contributed by atoms with E-state index in [9.17, 15) is 4.39 Å². The van der Waals surface area contributed by atoms with Crippen LogP contribution < -0.4 is 0 Å². The third-order valence-corrected chi connectivity index (χ3v) is 2.71. The number of hydrogen-bond donors (Lipinski definition) is 0. The van der Waals surface area contributed by atoms with E-state index in [1.54, 1.807) is 12.1 Å². The fourth-order valence-electron chi connectivity index (χ4n) is 1.58. The first-order valence-corrected chi connectivity index (χ1v) is 6.17. The van der Waals surface area contributed by atoms with Crippen LogP contribution in [0.3, 0.4) is 0 Å². The lowest BCUT2D eigenvalue weighted by molar-refractivity contribution is 0.640. The number of rotatable bonds is 1. The Balaban J connectivity index is 2.56. The maximum Gasteiger partial charge on any atom is 0.131 e. The monoisotopic (exact) mass is 276 g/mol. The largest absolute Gasteiger partial charge is 0.206 e. The van der Waals surface area contributed by atoms with Gasteiger partial charge in [0.2, 0.25) is 0 Å². The van der Waals surface area contributed by atoms with Gasteiger partial charge in [0.05, 0.1) is 0 Å². The van der Waals surface area contributed by atoms with Crippen molar-refractivity contribution in [2.75, 3.05) is 5.33 Å². The lowest BCUT2D eigenvalue weighted by Crippen LogP contribution is -1.84. The van der Waals surface area contributed by atoms with Crippen molar-refractivity contribution < 1.29 is 4.39 Å². The van der Waals surface area contributed by atoms with Gasteiger partial charge in [-0.3, -0.25) is 0 Å². The van der Waals surface area contributed by atoms with Crippen molar-refractivity contribution in [3.8, 4) is 11.8 Å². The molecule has 0 amide bonds. The first kappa shape index (κ1) is 11.2. The molecule has 0 spiro atoms. The van der Waals surface area contributed by atoms with Crippen LogP contribution in [0.2, 0.25) is 0 Å². The molecule has 0 unspecified atom stereocenters. The lowest BCUT2D eigenvalue weighted by atomic mass is 10.0. The van der Waals surface area contributed by atoms with Gasteiger partial charge in [0, 0.05) is 28.1 Å². The van der Waals surface area contributed by atoms with Gasteiger partial charge in [0.25, 0.3) is 0 Å². The summed E-state index contributed by atoms with van der Waals surface area (Å²) in [5.74, 6) is 5.92. The van der Waals surface area contributed by atoms with E-state index in [-0.39, 0.29) is 5.82 Å². The van der Waals surface area contributed by atoms with Crippen LogP contribution in [0.15, 0.2) is 36.4 Å². The molecule has 2 rings (SSSR count). The Hall–Kier alpha value is -1.33. The summed E-state index contributed by atoms with van der Waals surface area (Å²) >= 11 is 3.32. The molecule has 0 atom stereocenters. The Labute approximate surface area is 103 Å². The molecule has 0 radical (unpaired) electrons. The number of hydrogen-bond acceptors (Lipinski definition) is 0. The van der Waals surface area contributed by atoms with Crippen molar-refractivity contribution in [3.63, 3.8) is 0 Å². The van der Waals surface area contributed by atoms with E-state index >= 15 is 0 Å². The fourth-order valence-corrected chi connectivity index (χ4v) is 1.77. The fraction of sp³-hybridized carbons (Fsp3) is 0.143. The van der Waals surface area contributed by atoms with Gasteiger partial charge in [-0.1, -0.05) is 52.0 Å². The first-order valence-electron chi connectivity index (χ1n) is 5.05. The molecule has 0 bridgehead atoms. The van der Waals surface area contributed by atoms with Crippen LogP contribution in [0.25, 0.3) is 10.8 Å². The molecule has 0 nitrogen and oxygen atoms in total. The molecule has 0 heterocycles. The third kappa shape index (κ3) is 2.25. The van der Waals surface area contributed by atoms with E-state index < -0.39 is 0 Å². The Kier molecular flexibility index (Phi) is 3.58. The molecule has 0 aliphatic carbocycles. The predicted molar refractivity (Wildman–Crippen MR) is 69.2 cm³/mol. The zero-order valence-corrected chi connectivity index (χ0v) is 10.2. The molecular formula is C14H10BrF. The highest BCUT2D eigenvalue weighted by molar-refractivity contribution is 9.09. The summed E-state index contributed by atoms with van der Waals surface area (Å²) in [4.78, 5) is 0. The highest BCUT2D eigenvalue weighted by Crippen LogP contribution is 2.20. The minimum atomic E-state index is -0.193. The van der Waals surface area contributed by atoms with Crippen molar-refractivity contribution in [1.82, 2.24) is 0 Å². The summed E-state index contributed by atoms with van der Waals surface area (Å²) in [5.41, 5.74) is 0.887. The maximum absolute atomic E-state index is 13.5. The summed E-state index contributed by atoms with van der Waals surface area (Å²) in [5, 5.41) is 2.37.